The van der Waals surface area contributed by atoms with Gasteiger partial charge in [0.25, 0.3) is 0 Å². The number of aryl methyl sites for hydroxylation is 2. The standard InChI is InChI=1S/C19H22N2O4/c1-3-14-5-9-16(10-6-14)20(18(22)23)13-21(19(24)25)17-11-7-15(4-2)8-12-17/h5-12H,3-4,13H2,1-2H3,(H,22,23)(H,24,25). The summed E-state index contributed by atoms with van der Waals surface area (Å²) in [7, 11) is 0. The van der Waals surface area contributed by atoms with Crippen LogP contribution in [-0.4, -0.2) is 29.1 Å². The lowest BCUT2D eigenvalue weighted by Gasteiger charge is -2.27. The topological polar surface area (TPSA) is 81.1 Å². The first-order valence-electron chi connectivity index (χ1n) is 8.15. The molecule has 0 aliphatic heterocycles. The Kier molecular flexibility index (Phi) is 6.00. The average Bonchev–Trinajstić information content (AvgIpc) is 2.62. The number of carboxylic acid groups (broad SMARTS) is 2. The van der Waals surface area contributed by atoms with Gasteiger partial charge in [0.05, 0.1) is 0 Å². The lowest BCUT2D eigenvalue weighted by Crippen LogP contribution is -2.43. The normalized spacial score (nSPS) is 10.3. The van der Waals surface area contributed by atoms with Crippen molar-refractivity contribution in [3.8, 4) is 0 Å². The van der Waals surface area contributed by atoms with Gasteiger partial charge in [-0.2, -0.15) is 0 Å². The minimum Gasteiger partial charge on any atom is -0.465 e. The molecule has 0 saturated heterocycles. The van der Waals surface area contributed by atoms with Gasteiger partial charge in [0.15, 0.2) is 0 Å². The van der Waals surface area contributed by atoms with Crippen molar-refractivity contribution in [2.45, 2.75) is 26.7 Å². The van der Waals surface area contributed by atoms with E-state index in [1.807, 2.05) is 38.1 Å². The van der Waals surface area contributed by atoms with Crippen molar-refractivity contribution >= 4 is 23.6 Å². The van der Waals surface area contributed by atoms with Crippen LogP contribution >= 0.6 is 0 Å². The summed E-state index contributed by atoms with van der Waals surface area (Å²) in [5.74, 6) is 0. The molecular formula is C19H22N2O4. The highest BCUT2D eigenvalue weighted by molar-refractivity contribution is 5.91. The number of carbonyl (C=O) groups is 2. The molecule has 2 rings (SSSR count). The Morgan fingerprint density at radius 2 is 1.04 bits per heavy atom. The van der Waals surface area contributed by atoms with Crippen LogP contribution in [-0.2, 0) is 12.8 Å². The molecule has 2 N–H and O–H groups in total. The van der Waals surface area contributed by atoms with Gasteiger partial charge in [-0.1, -0.05) is 38.1 Å². The minimum absolute atomic E-state index is 0.304. The van der Waals surface area contributed by atoms with Gasteiger partial charge < -0.3 is 10.2 Å². The molecule has 0 aromatic heterocycles. The van der Waals surface area contributed by atoms with Crippen LogP contribution in [0.5, 0.6) is 0 Å². The SMILES string of the molecule is CCc1ccc(N(CN(C(=O)O)c2ccc(CC)cc2)C(=O)O)cc1. The molecule has 0 unspecified atom stereocenters. The van der Waals surface area contributed by atoms with E-state index in [2.05, 4.69) is 0 Å². The van der Waals surface area contributed by atoms with Gasteiger partial charge in [-0.15, -0.1) is 0 Å². The molecule has 6 nitrogen and oxygen atoms in total. The van der Waals surface area contributed by atoms with Crippen LogP contribution < -0.4 is 9.80 Å². The van der Waals surface area contributed by atoms with E-state index in [1.165, 1.54) is 0 Å². The maximum Gasteiger partial charge on any atom is 0.413 e. The van der Waals surface area contributed by atoms with E-state index in [0.29, 0.717) is 11.4 Å². The summed E-state index contributed by atoms with van der Waals surface area (Å²) in [5.41, 5.74) is 3.03. The first-order valence-corrected chi connectivity index (χ1v) is 8.15. The summed E-state index contributed by atoms with van der Waals surface area (Å²) in [6.45, 7) is 3.72. The predicted molar refractivity (Wildman–Crippen MR) is 97.5 cm³/mol. The quantitative estimate of drug-likeness (QED) is 0.761. The van der Waals surface area contributed by atoms with E-state index in [-0.39, 0.29) is 6.67 Å². The second kappa shape index (κ2) is 8.19. The highest BCUT2D eigenvalue weighted by Gasteiger charge is 2.23. The molecule has 132 valence electrons. The van der Waals surface area contributed by atoms with Gasteiger partial charge in [0.1, 0.15) is 6.67 Å². The fourth-order valence-corrected chi connectivity index (χ4v) is 2.47. The van der Waals surface area contributed by atoms with Crippen LogP contribution in [0.25, 0.3) is 0 Å². The summed E-state index contributed by atoms with van der Waals surface area (Å²) in [5, 5.41) is 19.0. The smallest absolute Gasteiger partial charge is 0.413 e. The van der Waals surface area contributed by atoms with Crippen LogP contribution in [0, 0.1) is 0 Å². The van der Waals surface area contributed by atoms with E-state index in [1.54, 1.807) is 24.3 Å². The molecule has 2 aromatic carbocycles. The Labute approximate surface area is 146 Å². The molecule has 0 aliphatic carbocycles. The molecule has 2 aromatic rings. The van der Waals surface area contributed by atoms with E-state index >= 15 is 0 Å². The first-order chi connectivity index (χ1) is 12.0. The summed E-state index contributed by atoms with van der Waals surface area (Å²) in [4.78, 5) is 25.3. The van der Waals surface area contributed by atoms with Crippen molar-refractivity contribution in [2.75, 3.05) is 16.5 Å². The molecule has 0 spiro atoms. The van der Waals surface area contributed by atoms with Crippen LogP contribution in [0.4, 0.5) is 21.0 Å². The van der Waals surface area contributed by atoms with E-state index in [9.17, 15) is 19.8 Å². The molecule has 0 fully saturated rings. The molecule has 2 amide bonds. The summed E-state index contributed by atoms with van der Waals surface area (Å²) in [6, 6.07) is 14.1. The Bertz CT molecular complexity index is 663. The summed E-state index contributed by atoms with van der Waals surface area (Å²) >= 11 is 0. The van der Waals surface area contributed by atoms with Gasteiger partial charge in [0.2, 0.25) is 0 Å². The second-order valence-corrected chi connectivity index (χ2v) is 5.60. The third kappa shape index (κ3) is 4.50. The predicted octanol–water partition coefficient (Wildman–Crippen LogP) is 4.44. The third-order valence-electron chi connectivity index (χ3n) is 4.06. The fourth-order valence-electron chi connectivity index (χ4n) is 2.47. The van der Waals surface area contributed by atoms with Gasteiger partial charge in [-0.05, 0) is 48.2 Å². The molecule has 25 heavy (non-hydrogen) atoms. The van der Waals surface area contributed by atoms with Crippen molar-refractivity contribution in [3.05, 3.63) is 59.7 Å². The first kappa shape index (κ1) is 18.3. The van der Waals surface area contributed by atoms with E-state index < -0.39 is 12.2 Å². The zero-order chi connectivity index (χ0) is 18.4. The Morgan fingerprint density at radius 3 is 1.28 bits per heavy atom. The van der Waals surface area contributed by atoms with Gasteiger partial charge in [0, 0.05) is 11.4 Å². The summed E-state index contributed by atoms with van der Waals surface area (Å²) < 4.78 is 0. The van der Waals surface area contributed by atoms with Crippen LogP contribution in [0.2, 0.25) is 0 Å². The number of anilines is 2. The van der Waals surface area contributed by atoms with Crippen LogP contribution in [0.15, 0.2) is 48.5 Å². The van der Waals surface area contributed by atoms with Crippen molar-refractivity contribution in [3.63, 3.8) is 0 Å². The lowest BCUT2D eigenvalue weighted by atomic mass is 10.1. The highest BCUT2D eigenvalue weighted by Crippen LogP contribution is 2.21. The van der Waals surface area contributed by atoms with Crippen LogP contribution in [0.1, 0.15) is 25.0 Å². The molecular weight excluding hydrogens is 320 g/mol. The maximum absolute atomic E-state index is 11.7. The largest absolute Gasteiger partial charge is 0.465 e. The zero-order valence-electron chi connectivity index (χ0n) is 14.3. The molecule has 0 saturated carbocycles. The fraction of sp³-hybridized carbons (Fsp3) is 0.263. The molecule has 0 aliphatic rings. The molecule has 0 bridgehead atoms. The molecule has 0 atom stereocenters. The molecule has 0 radical (unpaired) electrons. The van der Waals surface area contributed by atoms with Crippen LogP contribution in [0.3, 0.4) is 0 Å². The monoisotopic (exact) mass is 342 g/mol. The third-order valence-corrected chi connectivity index (χ3v) is 4.06. The molecule has 6 heteroatoms. The second-order valence-electron chi connectivity index (χ2n) is 5.60. The van der Waals surface area contributed by atoms with Crippen molar-refractivity contribution in [2.24, 2.45) is 0 Å². The van der Waals surface area contributed by atoms with Crippen molar-refractivity contribution in [1.29, 1.82) is 0 Å². The number of nitrogens with zero attached hydrogens (tertiary/aromatic N) is 2. The van der Waals surface area contributed by atoms with Crippen molar-refractivity contribution < 1.29 is 19.8 Å². The highest BCUT2D eigenvalue weighted by atomic mass is 16.4. The Hall–Kier alpha value is -3.02. The van der Waals surface area contributed by atoms with Gasteiger partial charge >= 0.3 is 12.2 Å². The number of benzene rings is 2. The Balaban J connectivity index is 2.29. The van der Waals surface area contributed by atoms with E-state index in [0.717, 1.165) is 33.8 Å². The van der Waals surface area contributed by atoms with E-state index in [4.69, 9.17) is 0 Å². The number of hydrogen-bond acceptors (Lipinski definition) is 2. The Morgan fingerprint density at radius 1 is 0.720 bits per heavy atom. The number of rotatable bonds is 6. The molecule has 0 heterocycles. The van der Waals surface area contributed by atoms with Crippen molar-refractivity contribution in [1.82, 2.24) is 0 Å². The maximum atomic E-state index is 11.7. The zero-order valence-corrected chi connectivity index (χ0v) is 14.3. The number of hydrogen-bond donors (Lipinski definition) is 2. The van der Waals surface area contributed by atoms with Gasteiger partial charge in [-0.3, -0.25) is 9.80 Å². The summed E-state index contributed by atoms with van der Waals surface area (Å²) in [6.07, 6.45) is -0.724. The number of amides is 2. The van der Waals surface area contributed by atoms with Gasteiger partial charge in [-0.25, -0.2) is 9.59 Å². The minimum atomic E-state index is -1.21. The lowest BCUT2D eigenvalue weighted by molar-refractivity contribution is 0.197. The average molecular weight is 342 g/mol.